The van der Waals surface area contributed by atoms with Crippen LogP contribution in [0, 0.1) is 0 Å². The van der Waals surface area contributed by atoms with Crippen LogP contribution < -0.4 is 9.47 Å². The van der Waals surface area contributed by atoms with E-state index in [0.717, 1.165) is 4.68 Å². The second-order valence-corrected chi connectivity index (χ2v) is 5.30. The Labute approximate surface area is 146 Å². The molecule has 0 saturated carbocycles. The standard InChI is InChI=1S/C17H15F3N4O2/c1-4-11(10-8-6-5-7-9-10)24-14-12(13(23-24)17(18,19)20)15(25-2)22-16(21-14)26-3/h4-9,11H,1H2,2-3H3. The number of hydrogen-bond acceptors (Lipinski definition) is 5. The van der Waals surface area contributed by atoms with Gasteiger partial charge in [-0.25, -0.2) is 4.68 Å². The molecule has 6 nitrogen and oxygen atoms in total. The van der Waals surface area contributed by atoms with Crippen LogP contribution in [-0.2, 0) is 6.18 Å². The van der Waals surface area contributed by atoms with Crippen molar-refractivity contribution in [2.45, 2.75) is 12.2 Å². The number of benzene rings is 1. The molecule has 136 valence electrons. The molecule has 1 aromatic carbocycles. The van der Waals surface area contributed by atoms with Gasteiger partial charge in [0, 0.05) is 0 Å². The molecule has 2 heterocycles. The summed E-state index contributed by atoms with van der Waals surface area (Å²) in [6.45, 7) is 3.73. The Hall–Kier alpha value is -3.10. The third kappa shape index (κ3) is 2.96. The summed E-state index contributed by atoms with van der Waals surface area (Å²) < 4.78 is 51.8. The summed E-state index contributed by atoms with van der Waals surface area (Å²) in [5, 5.41) is 3.44. The summed E-state index contributed by atoms with van der Waals surface area (Å²) in [7, 11) is 2.54. The van der Waals surface area contributed by atoms with Gasteiger partial charge in [0.2, 0.25) is 5.88 Å². The van der Waals surface area contributed by atoms with E-state index in [1.807, 2.05) is 0 Å². The number of halogens is 3. The van der Waals surface area contributed by atoms with E-state index in [9.17, 15) is 13.2 Å². The lowest BCUT2D eigenvalue weighted by Crippen LogP contribution is -2.13. The van der Waals surface area contributed by atoms with Crippen molar-refractivity contribution in [3.05, 3.63) is 54.2 Å². The minimum atomic E-state index is -4.71. The molecule has 9 heteroatoms. The minimum Gasteiger partial charge on any atom is -0.480 e. The number of alkyl halides is 3. The molecule has 26 heavy (non-hydrogen) atoms. The van der Waals surface area contributed by atoms with Gasteiger partial charge in [-0.1, -0.05) is 36.4 Å². The molecule has 0 bridgehead atoms. The highest BCUT2D eigenvalue weighted by Crippen LogP contribution is 2.39. The smallest absolute Gasteiger partial charge is 0.436 e. The van der Waals surface area contributed by atoms with Crippen molar-refractivity contribution in [1.82, 2.24) is 19.7 Å². The molecule has 3 aromatic rings. The summed E-state index contributed by atoms with van der Waals surface area (Å²) in [5.74, 6) is -0.263. The average Bonchev–Trinajstić information content (AvgIpc) is 3.02. The number of fused-ring (bicyclic) bond motifs is 1. The first-order valence-corrected chi connectivity index (χ1v) is 7.53. The van der Waals surface area contributed by atoms with Gasteiger partial charge >= 0.3 is 12.2 Å². The molecule has 0 N–H and O–H groups in total. The maximum Gasteiger partial charge on any atom is 0.436 e. The Balaban J connectivity index is 2.36. The van der Waals surface area contributed by atoms with Gasteiger partial charge in [0.1, 0.15) is 5.39 Å². The first-order chi connectivity index (χ1) is 12.4. The number of ether oxygens (including phenoxy) is 2. The van der Waals surface area contributed by atoms with E-state index in [0.29, 0.717) is 5.56 Å². The van der Waals surface area contributed by atoms with Crippen molar-refractivity contribution >= 4 is 11.0 Å². The highest BCUT2D eigenvalue weighted by atomic mass is 19.4. The van der Waals surface area contributed by atoms with Gasteiger partial charge in [0.15, 0.2) is 11.3 Å². The fourth-order valence-electron chi connectivity index (χ4n) is 2.65. The first-order valence-electron chi connectivity index (χ1n) is 7.53. The van der Waals surface area contributed by atoms with E-state index in [-0.39, 0.29) is 22.9 Å². The molecule has 0 aliphatic rings. The normalized spacial score (nSPS) is 12.8. The molecule has 1 atom stereocenters. The zero-order valence-corrected chi connectivity index (χ0v) is 14.0. The van der Waals surface area contributed by atoms with E-state index in [1.54, 1.807) is 30.3 Å². The molecule has 0 fully saturated rings. The highest BCUT2D eigenvalue weighted by molar-refractivity contribution is 5.85. The third-order valence-corrected chi connectivity index (χ3v) is 3.77. The zero-order valence-electron chi connectivity index (χ0n) is 14.0. The number of rotatable bonds is 5. The summed E-state index contributed by atoms with van der Waals surface area (Å²) in [4.78, 5) is 7.92. The number of aromatic nitrogens is 4. The van der Waals surface area contributed by atoms with E-state index in [4.69, 9.17) is 9.47 Å². The Bertz CT molecular complexity index is 939. The number of methoxy groups -OCH3 is 2. The van der Waals surface area contributed by atoms with E-state index >= 15 is 0 Å². The number of allylic oxidation sites excluding steroid dienone is 1. The third-order valence-electron chi connectivity index (χ3n) is 3.77. The fourth-order valence-corrected chi connectivity index (χ4v) is 2.65. The molecular formula is C17H15F3N4O2. The molecule has 0 aliphatic carbocycles. The van der Waals surface area contributed by atoms with E-state index in [2.05, 4.69) is 21.6 Å². The largest absolute Gasteiger partial charge is 0.480 e. The second-order valence-electron chi connectivity index (χ2n) is 5.30. The topological polar surface area (TPSA) is 62.1 Å². The molecule has 1 unspecified atom stereocenters. The average molecular weight is 364 g/mol. The zero-order chi connectivity index (χ0) is 18.9. The van der Waals surface area contributed by atoms with Crippen molar-refractivity contribution in [3.8, 4) is 11.9 Å². The number of hydrogen-bond donors (Lipinski definition) is 0. The van der Waals surface area contributed by atoms with E-state index < -0.39 is 17.9 Å². The van der Waals surface area contributed by atoms with Gasteiger partial charge in [0.05, 0.1) is 20.3 Å². The quantitative estimate of drug-likeness (QED) is 0.647. The Morgan fingerprint density at radius 3 is 2.35 bits per heavy atom. The van der Waals surface area contributed by atoms with Gasteiger partial charge in [-0.2, -0.15) is 28.2 Å². The van der Waals surface area contributed by atoms with Crippen molar-refractivity contribution < 1.29 is 22.6 Å². The maximum absolute atomic E-state index is 13.6. The van der Waals surface area contributed by atoms with Crippen LogP contribution in [-0.4, -0.2) is 34.0 Å². The van der Waals surface area contributed by atoms with Crippen LogP contribution in [0.3, 0.4) is 0 Å². The SMILES string of the molecule is C=CC(c1ccccc1)n1nc(C(F)(F)F)c2c(OC)nc(OC)nc21. The molecule has 0 saturated heterocycles. The van der Waals surface area contributed by atoms with Gasteiger partial charge in [-0.15, -0.1) is 6.58 Å². The molecule has 0 radical (unpaired) electrons. The summed E-state index contributed by atoms with van der Waals surface area (Å²) >= 11 is 0. The van der Waals surface area contributed by atoms with E-state index in [1.165, 1.54) is 20.3 Å². The molecule has 0 aliphatic heterocycles. The number of nitrogens with zero attached hydrogens (tertiary/aromatic N) is 4. The summed E-state index contributed by atoms with van der Waals surface area (Å²) in [6.07, 6.45) is -3.22. The minimum absolute atomic E-state index is 0.0604. The van der Waals surface area contributed by atoms with Crippen LogP contribution in [0.4, 0.5) is 13.2 Å². The van der Waals surface area contributed by atoms with Gasteiger partial charge in [-0.05, 0) is 5.56 Å². The van der Waals surface area contributed by atoms with Crippen LogP contribution in [0.25, 0.3) is 11.0 Å². The fraction of sp³-hybridized carbons (Fsp3) is 0.235. The Kier molecular flexibility index (Phi) is 4.54. The molecule has 0 amide bonds. The van der Waals surface area contributed by atoms with Crippen molar-refractivity contribution in [1.29, 1.82) is 0 Å². The van der Waals surface area contributed by atoms with Crippen LogP contribution in [0.2, 0.25) is 0 Å². The van der Waals surface area contributed by atoms with Gasteiger partial charge in [0.25, 0.3) is 0 Å². The molecular weight excluding hydrogens is 349 g/mol. The highest BCUT2D eigenvalue weighted by Gasteiger charge is 2.40. The lowest BCUT2D eigenvalue weighted by molar-refractivity contribution is -0.140. The van der Waals surface area contributed by atoms with Crippen LogP contribution in [0.15, 0.2) is 43.0 Å². The van der Waals surface area contributed by atoms with Crippen LogP contribution >= 0.6 is 0 Å². The Morgan fingerprint density at radius 2 is 1.81 bits per heavy atom. The predicted molar refractivity (Wildman–Crippen MR) is 88.2 cm³/mol. The molecule has 2 aromatic heterocycles. The Morgan fingerprint density at radius 1 is 1.12 bits per heavy atom. The van der Waals surface area contributed by atoms with Gasteiger partial charge < -0.3 is 9.47 Å². The first kappa shape index (κ1) is 17.7. The predicted octanol–water partition coefficient (Wildman–Crippen LogP) is 3.64. The summed E-state index contributed by atoms with van der Waals surface area (Å²) in [6, 6.07) is 8.10. The van der Waals surface area contributed by atoms with Crippen LogP contribution in [0.1, 0.15) is 17.3 Å². The molecule has 3 rings (SSSR count). The summed E-state index contributed by atoms with van der Waals surface area (Å²) in [5.41, 5.74) is -0.485. The van der Waals surface area contributed by atoms with Crippen molar-refractivity contribution in [2.75, 3.05) is 14.2 Å². The van der Waals surface area contributed by atoms with Crippen molar-refractivity contribution in [3.63, 3.8) is 0 Å². The molecule has 0 spiro atoms. The van der Waals surface area contributed by atoms with Crippen LogP contribution in [0.5, 0.6) is 11.9 Å². The lowest BCUT2D eigenvalue weighted by atomic mass is 10.1. The lowest BCUT2D eigenvalue weighted by Gasteiger charge is -2.14. The maximum atomic E-state index is 13.6. The second kappa shape index (κ2) is 6.66. The monoisotopic (exact) mass is 364 g/mol. The van der Waals surface area contributed by atoms with Gasteiger partial charge in [-0.3, -0.25) is 0 Å². The van der Waals surface area contributed by atoms with Crippen molar-refractivity contribution in [2.24, 2.45) is 0 Å².